The number of alkyl halides is 4. The molecule has 0 aromatic heterocycles. The number of Topliss-reactive ketones (excluding diaryl/α,β-unsaturated/α-hetero) is 3. The van der Waals surface area contributed by atoms with Crippen molar-refractivity contribution in [1.82, 2.24) is 0 Å². The van der Waals surface area contributed by atoms with Crippen LogP contribution in [-0.2, 0) is 25.7 Å². The summed E-state index contributed by atoms with van der Waals surface area (Å²) < 4.78 is 59.0. The molecule has 3 rings (SSSR count). The fourth-order valence-electron chi connectivity index (χ4n) is 2.40. The molecule has 1 aromatic rings. The molecule has 9 heteroatoms. The van der Waals surface area contributed by atoms with Crippen LogP contribution in [0, 0.1) is 0 Å². The first-order valence-electron chi connectivity index (χ1n) is 6.88. The van der Waals surface area contributed by atoms with Crippen molar-refractivity contribution in [2.75, 3.05) is 0 Å². The molecule has 0 atom stereocenters. The Hall–Kier alpha value is -2.42. The lowest BCUT2D eigenvalue weighted by Crippen LogP contribution is -2.30. The number of carbonyl (C=O) groups is 3. The molecule has 0 N–H and O–H groups in total. The minimum atomic E-state index is -4.07. The Morgan fingerprint density at radius 3 is 2.28 bits per heavy atom. The molecule has 0 spiro atoms. The van der Waals surface area contributed by atoms with Gasteiger partial charge in [-0.3, -0.25) is 14.4 Å². The van der Waals surface area contributed by atoms with E-state index in [0.717, 1.165) is 0 Å². The molecule has 0 unspecified atom stereocenters. The van der Waals surface area contributed by atoms with Crippen molar-refractivity contribution in [2.45, 2.75) is 18.3 Å². The van der Waals surface area contributed by atoms with E-state index >= 15 is 0 Å². The van der Waals surface area contributed by atoms with Crippen LogP contribution in [0.15, 0.2) is 52.1 Å². The number of halogens is 4. The van der Waals surface area contributed by atoms with Crippen LogP contribution in [0.2, 0.25) is 0 Å². The number of ether oxygens (including phenoxy) is 1. The molecule has 0 bridgehead atoms. The first-order chi connectivity index (χ1) is 11.7. The molecule has 4 nitrogen and oxygen atoms in total. The first kappa shape index (κ1) is 17.4. The largest absolute Gasteiger partial charge is 0.484 e. The normalized spacial score (nSPS) is 19.8. The van der Waals surface area contributed by atoms with Crippen molar-refractivity contribution in [3.8, 4) is 0 Å². The van der Waals surface area contributed by atoms with E-state index in [1.807, 2.05) is 0 Å². The highest BCUT2D eigenvalue weighted by Gasteiger charge is 2.57. The number of hydrogen-bond acceptors (Lipinski definition) is 5. The molecule has 0 saturated carbocycles. The summed E-state index contributed by atoms with van der Waals surface area (Å²) in [6.45, 7) is -0.342. The summed E-state index contributed by atoms with van der Waals surface area (Å²) >= 11 is -0.487. The molecule has 0 saturated heterocycles. The minimum Gasteiger partial charge on any atom is -0.484 e. The highest BCUT2D eigenvalue weighted by molar-refractivity contribution is 8.06. The SMILES string of the molecule is O=C1C(=O)C2=C(C(=O)C(F)(F)S2)C(C(F)F)=C1OCc1ccccc1. The average Bonchev–Trinajstić information content (AvgIpc) is 2.81. The molecule has 130 valence electrons. The van der Waals surface area contributed by atoms with E-state index in [0.29, 0.717) is 5.56 Å². The third-order valence-corrected chi connectivity index (χ3v) is 4.56. The standard InChI is InChI=1S/C16H8F4O4S/c17-15(18)8-9-13(25-16(19,20)14(9)23)11(22)10(21)12(8)24-6-7-4-2-1-3-5-7/h1-5,15H,6H2. The van der Waals surface area contributed by atoms with Gasteiger partial charge in [-0.15, -0.1) is 0 Å². The lowest BCUT2D eigenvalue weighted by molar-refractivity contribution is -0.134. The van der Waals surface area contributed by atoms with Crippen LogP contribution in [0.1, 0.15) is 5.56 Å². The maximum atomic E-state index is 13.6. The lowest BCUT2D eigenvalue weighted by atomic mass is 9.91. The monoisotopic (exact) mass is 372 g/mol. The molecular weight excluding hydrogens is 364 g/mol. The summed E-state index contributed by atoms with van der Waals surface area (Å²) in [5.41, 5.74) is -1.89. The highest BCUT2D eigenvalue weighted by atomic mass is 32.2. The highest BCUT2D eigenvalue weighted by Crippen LogP contribution is 2.51. The van der Waals surface area contributed by atoms with Gasteiger partial charge >= 0.3 is 5.25 Å². The Morgan fingerprint density at radius 1 is 1.04 bits per heavy atom. The van der Waals surface area contributed by atoms with Crippen LogP contribution in [0.5, 0.6) is 0 Å². The van der Waals surface area contributed by atoms with Gasteiger partial charge in [0, 0.05) is 0 Å². The molecule has 1 aromatic carbocycles. The number of benzene rings is 1. The van der Waals surface area contributed by atoms with Crippen molar-refractivity contribution < 1.29 is 36.7 Å². The third-order valence-electron chi connectivity index (χ3n) is 3.53. The second-order valence-corrected chi connectivity index (χ2v) is 6.25. The van der Waals surface area contributed by atoms with Gasteiger partial charge in [-0.1, -0.05) is 30.3 Å². The zero-order valence-corrected chi connectivity index (χ0v) is 13.0. The quantitative estimate of drug-likeness (QED) is 0.462. The first-order valence-corrected chi connectivity index (χ1v) is 7.70. The molecular formula is C16H8F4O4S. The summed E-state index contributed by atoms with van der Waals surface area (Å²) in [6.07, 6.45) is -3.44. The van der Waals surface area contributed by atoms with Gasteiger partial charge in [0.25, 0.3) is 12.2 Å². The Balaban J connectivity index is 2.05. The molecule has 1 aliphatic heterocycles. The van der Waals surface area contributed by atoms with Gasteiger partial charge in [0.15, 0.2) is 5.76 Å². The van der Waals surface area contributed by atoms with Gasteiger partial charge in [0.2, 0.25) is 11.6 Å². The molecule has 0 fully saturated rings. The second-order valence-electron chi connectivity index (χ2n) is 5.13. The Morgan fingerprint density at radius 2 is 1.68 bits per heavy atom. The van der Waals surface area contributed by atoms with Crippen LogP contribution in [0.3, 0.4) is 0 Å². The summed E-state index contributed by atoms with van der Waals surface area (Å²) in [6, 6.07) is 8.11. The summed E-state index contributed by atoms with van der Waals surface area (Å²) in [5, 5.41) is -4.07. The predicted molar refractivity (Wildman–Crippen MR) is 78.8 cm³/mol. The molecule has 0 amide bonds. The topological polar surface area (TPSA) is 60.4 Å². The van der Waals surface area contributed by atoms with E-state index in [2.05, 4.69) is 0 Å². The smallest absolute Gasteiger partial charge is 0.360 e. The fraction of sp³-hybridized carbons (Fsp3) is 0.188. The van der Waals surface area contributed by atoms with Crippen molar-refractivity contribution >= 4 is 29.1 Å². The van der Waals surface area contributed by atoms with Gasteiger partial charge in [-0.2, -0.15) is 8.78 Å². The van der Waals surface area contributed by atoms with Crippen molar-refractivity contribution in [2.24, 2.45) is 0 Å². The van der Waals surface area contributed by atoms with E-state index < -0.39 is 62.6 Å². The number of rotatable bonds is 4. The Bertz CT molecular complexity index is 843. The van der Waals surface area contributed by atoms with E-state index in [9.17, 15) is 31.9 Å². The number of hydrogen-bond donors (Lipinski definition) is 0. The van der Waals surface area contributed by atoms with Crippen LogP contribution in [0.4, 0.5) is 17.6 Å². The molecule has 1 aliphatic carbocycles. The summed E-state index contributed by atoms with van der Waals surface area (Å²) in [7, 11) is 0. The lowest BCUT2D eigenvalue weighted by Gasteiger charge is -2.19. The fourth-order valence-corrected chi connectivity index (χ4v) is 3.34. The van der Waals surface area contributed by atoms with Crippen molar-refractivity contribution in [1.29, 1.82) is 0 Å². The number of ketones is 3. The average molecular weight is 372 g/mol. The molecule has 0 radical (unpaired) electrons. The van der Waals surface area contributed by atoms with E-state index in [-0.39, 0.29) is 6.61 Å². The third kappa shape index (κ3) is 2.88. The number of carbonyl (C=O) groups excluding carboxylic acids is 3. The van der Waals surface area contributed by atoms with Gasteiger partial charge in [-0.05, 0) is 17.3 Å². The van der Waals surface area contributed by atoms with Gasteiger partial charge in [0.05, 0.1) is 16.1 Å². The number of thioether (sulfide) groups is 1. The molecule has 2 aliphatic rings. The van der Waals surface area contributed by atoms with E-state index in [1.165, 1.54) is 0 Å². The van der Waals surface area contributed by atoms with Gasteiger partial charge < -0.3 is 4.74 Å². The predicted octanol–water partition coefficient (Wildman–Crippen LogP) is 3.04. The van der Waals surface area contributed by atoms with Crippen LogP contribution >= 0.6 is 11.8 Å². The van der Waals surface area contributed by atoms with Crippen LogP contribution < -0.4 is 0 Å². The van der Waals surface area contributed by atoms with Gasteiger partial charge in [-0.25, -0.2) is 8.78 Å². The van der Waals surface area contributed by atoms with Crippen molar-refractivity contribution in [3.05, 3.63) is 57.7 Å². The van der Waals surface area contributed by atoms with Crippen LogP contribution in [-0.4, -0.2) is 29.0 Å². The van der Waals surface area contributed by atoms with Crippen LogP contribution in [0.25, 0.3) is 0 Å². The summed E-state index contributed by atoms with van der Waals surface area (Å²) in [5.74, 6) is -5.90. The molecule has 1 heterocycles. The van der Waals surface area contributed by atoms with E-state index in [4.69, 9.17) is 4.74 Å². The minimum absolute atomic E-state index is 0.342. The van der Waals surface area contributed by atoms with E-state index in [1.54, 1.807) is 30.3 Å². The zero-order valence-electron chi connectivity index (χ0n) is 12.2. The maximum Gasteiger partial charge on any atom is 0.360 e. The van der Waals surface area contributed by atoms with Crippen molar-refractivity contribution in [3.63, 3.8) is 0 Å². The number of allylic oxidation sites excluding steroid dienone is 4. The van der Waals surface area contributed by atoms with Gasteiger partial charge in [0.1, 0.15) is 6.61 Å². The Labute approximate surface area is 142 Å². The molecule has 25 heavy (non-hydrogen) atoms. The second kappa shape index (κ2) is 6.14. The summed E-state index contributed by atoms with van der Waals surface area (Å²) in [4.78, 5) is 34.8. The maximum absolute atomic E-state index is 13.6. The zero-order chi connectivity index (χ0) is 18.4. The Kier molecular flexibility index (Phi) is 4.28.